The van der Waals surface area contributed by atoms with Gasteiger partial charge < -0.3 is 46.6 Å². The summed E-state index contributed by atoms with van der Waals surface area (Å²) in [4.78, 5) is 119. The number of hydrogen-bond donors (Lipinski definition) is 3. The van der Waals surface area contributed by atoms with Crippen LogP contribution in [0.15, 0.2) is 107 Å². The average Bonchev–Trinajstić information content (AvgIpc) is 0.726. The number of halogens is 15. The lowest BCUT2D eigenvalue weighted by atomic mass is 10.0. The first-order chi connectivity index (χ1) is 65.6. The third-order valence-corrected chi connectivity index (χ3v) is 27.3. The average molecular weight is 2070 g/mol. The van der Waals surface area contributed by atoms with Crippen LogP contribution >= 0.6 is 104 Å². The number of nitriles is 3. The summed E-state index contributed by atoms with van der Waals surface area (Å²) in [6, 6.07) is 14.4. The Morgan fingerprint density at radius 3 is 0.892 bits per heavy atom. The van der Waals surface area contributed by atoms with E-state index < -0.39 is 115 Å². The highest BCUT2D eigenvalue weighted by Crippen LogP contribution is 2.50. The number of nitrogens with two attached hydrogens (primary N) is 3. The van der Waals surface area contributed by atoms with Gasteiger partial charge in [0.25, 0.3) is 16.7 Å². The second-order valence-electron chi connectivity index (χ2n) is 34.3. The second-order valence-corrected chi connectivity index (χ2v) is 37.8. The van der Waals surface area contributed by atoms with Gasteiger partial charge >= 0.3 is 0 Å². The maximum atomic E-state index is 15.6. The quantitative estimate of drug-likeness (QED) is 0.0282. The summed E-state index contributed by atoms with van der Waals surface area (Å²) in [5.74, 6) is -8.67. The predicted octanol–water partition coefficient (Wildman–Crippen LogP) is 20.8. The van der Waals surface area contributed by atoms with Crippen molar-refractivity contribution in [3.05, 3.63) is 255 Å². The van der Waals surface area contributed by atoms with Crippen molar-refractivity contribution in [2.24, 2.45) is 0 Å². The molecule has 139 heavy (non-hydrogen) atoms. The smallest absolute Gasteiger partial charge is 0.276 e. The van der Waals surface area contributed by atoms with Crippen molar-refractivity contribution in [1.29, 1.82) is 15.8 Å². The summed E-state index contributed by atoms with van der Waals surface area (Å²) in [6.45, 7) is 37.1. The van der Waals surface area contributed by atoms with Crippen LogP contribution in [0, 0.1) is 89.7 Å². The fourth-order valence-electron chi connectivity index (χ4n) is 18.1. The summed E-state index contributed by atoms with van der Waals surface area (Å²) < 4.78 is 94.2. The number of amides is 3. The predicted molar refractivity (Wildman–Crippen MR) is 536 cm³/mol. The van der Waals surface area contributed by atoms with E-state index in [0.29, 0.717) is 69.3 Å². The van der Waals surface area contributed by atoms with Crippen LogP contribution < -0.4 is 48.6 Å². The number of nitrogen functional groups attached to an aromatic ring is 3. The Labute approximate surface area is 838 Å². The number of aromatic nitrogens is 9. The fraction of sp³-hybridized carbons (Fsp3) is 0.289. The second kappa shape index (κ2) is 41.0. The highest BCUT2D eigenvalue weighted by atomic mass is 35.5. The molecule has 42 heteroatoms. The number of carbonyl (C=O) groups excluding carboxylic acids is 3. The van der Waals surface area contributed by atoms with Crippen LogP contribution in [0.4, 0.5) is 60.5 Å². The molecule has 9 aromatic heterocycles. The molecule has 0 aliphatic carbocycles. The zero-order valence-corrected chi connectivity index (χ0v) is 83.5. The third kappa shape index (κ3) is 18.2. The molecule has 4 atom stereocenters. The normalized spacial score (nSPS) is 15.5. The summed E-state index contributed by atoms with van der Waals surface area (Å²) in [5.41, 5.74) is 17.5. The molecule has 0 bridgehead atoms. The van der Waals surface area contributed by atoms with Crippen molar-refractivity contribution in [2.45, 2.75) is 132 Å². The molecule has 0 spiro atoms. The molecule has 3 fully saturated rings. The number of hydrogen-bond acceptors (Lipinski definition) is 21. The van der Waals surface area contributed by atoms with Crippen LogP contribution in [0.1, 0.15) is 137 Å². The molecule has 0 unspecified atom stereocenters. The molecule has 3 saturated heterocycles. The monoisotopic (exact) mass is 2070 g/mol. The molecule has 3 aromatic carbocycles. The van der Waals surface area contributed by atoms with Crippen molar-refractivity contribution in [1.82, 2.24) is 58.3 Å². The van der Waals surface area contributed by atoms with E-state index in [2.05, 4.69) is 57.9 Å². The van der Waals surface area contributed by atoms with E-state index in [1.54, 1.807) is 77.2 Å². The Kier molecular flexibility index (Phi) is 30.6. The molecule has 6 N–H and O–H groups in total. The van der Waals surface area contributed by atoms with E-state index in [-0.39, 0.29) is 193 Å². The third-order valence-electron chi connectivity index (χ3n) is 24.4. The summed E-state index contributed by atoms with van der Waals surface area (Å²) >= 11 is 56.4. The summed E-state index contributed by atoms with van der Waals surface area (Å²) in [6.07, 6.45) is 8.54. The van der Waals surface area contributed by atoms with Gasteiger partial charge in [0.05, 0.1) is 117 Å². The van der Waals surface area contributed by atoms with Gasteiger partial charge in [-0.1, -0.05) is 166 Å². The Morgan fingerprint density at radius 1 is 0.403 bits per heavy atom. The Balaban J connectivity index is 0.000000176. The van der Waals surface area contributed by atoms with Crippen molar-refractivity contribution in [3.8, 4) is 69.0 Å². The van der Waals surface area contributed by atoms with Crippen molar-refractivity contribution in [3.63, 3.8) is 0 Å². The van der Waals surface area contributed by atoms with Gasteiger partial charge in [0.15, 0.2) is 34.9 Å². The molecule has 12 aromatic rings. The zero-order valence-electron chi connectivity index (χ0n) is 76.6. The van der Waals surface area contributed by atoms with Crippen LogP contribution in [0.2, 0.25) is 45.2 Å². The van der Waals surface area contributed by atoms with E-state index in [4.69, 9.17) is 132 Å². The van der Waals surface area contributed by atoms with E-state index >= 15 is 13.2 Å². The van der Waals surface area contributed by atoms with Gasteiger partial charge in [-0.05, 0) is 138 Å². The fourth-order valence-corrected chi connectivity index (χ4v) is 20.1. The van der Waals surface area contributed by atoms with Crippen molar-refractivity contribution in [2.75, 3.05) is 84.3 Å². The standard InChI is InChI=1S/2C33H30Cl3F2N7O2.C31H26Cl3F2N7O2/c2*1-7-21(46)44-16(5)12-43(13-17(44)6)31-18-10-20(34)29(22-25(37)23(35)26(38)24(36)27(22)40)42-32(18)45(33(47)19(31)11-39)30-15(4)8-9-41-28(30)14(2)3;1-5-19(44)41-8-10-42(11-9-41)29-16-12-18(32)27(20-23(35)21(33)24(36)22(34)25(20)38)40-30(16)43(31(45)17(29)13-37)28-15(4)6-7-39-26(28)14(2)3/h2*7-10,14,16-17H,1,12-13,40H2,2-6H3;5-7,12,14H,1,8-11,38H2,2-4H3/t2*16-,17+;. The topological polar surface area (TPSA) is 363 Å². The number of aryl methyl sites for hydroxylation is 3. The maximum Gasteiger partial charge on any atom is 0.276 e. The maximum absolute atomic E-state index is 15.6. The number of fused-ring (bicyclic) bond motifs is 3. The number of benzene rings is 3. The van der Waals surface area contributed by atoms with Crippen LogP contribution in [0.5, 0.6) is 0 Å². The number of carbonyl (C=O) groups is 3. The van der Waals surface area contributed by atoms with Crippen LogP contribution in [-0.2, 0) is 14.4 Å². The van der Waals surface area contributed by atoms with E-state index in [9.17, 15) is 57.7 Å². The van der Waals surface area contributed by atoms with E-state index in [1.165, 1.54) is 50.1 Å². The van der Waals surface area contributed by atoms with Gasteiger partial charge in [0, 0.05) is 111 Å². The molecule has 0 radical (unpaired) electrons. The van der Waals surface area contributed by atoms with Gasteiger partial charge in [-0.2, -0.15) is 15.8 Å². The summed E-state index contributed by atoms with van der Waals surface area (Å²) in [5, 5.41) is 27.3. The minimum Gasteiger partial charge on any atom is -0.397 e. The molecule has 0 saturated carbocycles. The minimum absolute atomic E-state index is 0.00155. The highest BCUT2D eigenvalue weighted by Gasteiger charge is 2.41. The van der Waals surface area contributed by atoms with E-state index in [1.807, 2.05) is 79.0 Å². The Hall–Kier alpha value is -12.7. The lowest BCUT2D eigenvalue weighted by Gasteiger charge is -2.45. The van der Waals surface area contributed by atoms with Gasteiger partial charge in [-0.25, -0.2) is 41.3 Å². The number of pyridine rings is 9. The molecular formula is C97H86Cl9F6N21O6. The van der Waals surface area contributed by atoms with Crippen LogP contribution in [0.25, 0.3) is 83.9 Å². The number of anilines is 6. The molecule has 12 heterocycles. The lowest BCUT2D eigenvalue weighted by molar-refractivity contribution is -0.131. The van der Waals surface area contributed by atoms with Gasteiger partial charge in [0.2, 0.25) is 17.7 Å². The zero-order chi connectivity index (χ0) is 102. The van der Waals surface area contributed by atoms with Gasteiger partial charge in [-0.15, -0.1) is 0 Å². The Bertz CT molecular complexity index is 7190. The minimum atomic E-state index is -1.24. The molecule has 720 valence electrons. The molecule has 3 aliphatic heterocycles. The molecule has 3 aliphatic rings. The number of rotatable bonds is 15. The first-order valence-corrected chi connectivity index (χ1v) is 46.4. The first kappa shape index (κ1) is 104. The van der Waals surface area contributed by atoms with Crippen molar-refractivity contribution >= 4 is 189 Å². The molecule has 3 amide bonds. The molecule has 27 nitrogen and oxygen atoms in total. The Morgan fingerprint density at radius 2 is 0.655 bits per heavy atom. The molecule has 15 rings (SSSR count). The van der Waals surface area contributed by atoms with E-state index in [0.717, 1.165) is 0 Å². The lowest BCUT2D eigenvalue weighted by Crippen LogP contribution is -2.58. The van der Waals surface area contributed by atoms with Crippen molar-refractivity contribution < 1.29 is 40.7 Å². The summed E-state index contributed by atoms with van der Waals surface area (Å²) in [7, 11) is 0. The van der Waals surface area contributed by atoms with Crippen LogP contribution in [-0.4, -0.2) is 153 Å². The number of nitrogens with zero attached hydrogens (tertiary/aromatic N) is 18. The van der Waals surface area contributed by atoms with Gasteiger partial charge in [0.1, 0.15) is 82.0 Å². The highest BCUT2D eigenvalue weighted by molar-refractivity contribution is 6.41. The first-order valence-electron chi connectivity index (χ1n) is 43.0. The SMILES string of the molecule is C=CC(=O)N1CCN(c2c(C#N)c(=O)n(-c3c(C)ccnc3C(C)C)c3nc(-c4c(N)c(Cl)c(F)c(Cl)c4F)c(Cl)cc23)CC1.C=CC(=O)N1[C@H](C)CN(c2c(C#N)c(=O)n(-c3c(C)ccnc3C(C)C)c3nc(-c4c(N)c(Cl)c(F)c(Cl)c4F)c(Cl)cc23)C[C@@H]1C.C=CC(=O)N1[C@H](C)CN(c2c(C#N)c(=O)n(-c3c(C)ccnc3C(C)C)c3nc(-c4c(N)c(Cl)c(F)c(Cl)c4F)c(Cl)cc23)C[C@@H]1C. The molecular weight excluding hydrogens is 1990 g/mol. The van der Waals surface area contributed by atoms with Gasteiger partial charge in [-0.3, -0.25) is 57.4 Å². The number of piperazine rings is 3. The largest absolute Gasteiger partial charge is 0.397 e. The van der Waals surface area contributed by atoms with Crippen LogP contribution in [0.3, 0.4) is 0 Å².